The van der Waals surface area contributed by atoms with Gasteiger partial charge >= 0.3 is 0 Å². The van der Waals surface area contributed by atoms with Gasteiger partial charge in [0.15, 0.2) is 0 Å². The highest BCUT2D eigenvalue weighted by Gasteiger charge is 2.34. The highest BCUT2D eigenvalue weighted by molar-refractivity contribution is 5.94. The largest absolute Gasteiger partial charge is 0.467 e. The van der Waals surface area contributed by atoms with Crippen LogP contribution in [0.25, 0.3) is 0 Å². The topological polar surface area (TPSA) is 66.3 Å². The summed E-state index contributed by atoms with van der Waals surface area (Å²) in [5.74, 6) is 0.494. The zero-order chi connectivity index (χ0) is 13.2. The Kier molecular flexibility index (Phi) is 2.95. The van der Waals surface area contributed by atoms with Crippen LogP contribution in [0.2, 0.25) is 0 Å². The maximum absolute atomic E-state index is 12.4. The second-order valence-electron chi connectivity index (χ2n) is 4.66. The van der Waals surface area contributed by atoms with Gasteiger partial charge < -0.3 is 14.3 Å². The molecule has 0 bridgehead atoms. The number of amides is 1. The molecule has 1 aliphatic rings. The van der Waals surface area contributed by atoms with Crippen molar-refractivity contribution in [1.29, 1.82) is 0 Å². The summed E-state index contributed by atoms with van der Waals surface area (Å²) in [4.78, 5) is 28.4. The summed E-state index contributed by atoms with van der Waals surface area (Å²) in [5.41, 5.74) is -0.168. The van der Waals surface area contributed by atoms with Gasteiger partial charge in [-0.3, -0.25) is 9.59 Å². The summed E-state index contributed by atoms with van der Waals surface area (Å²) in [5, 5.41) is 0. The van der Waals surface area contributed by atoms with E-state index in [0.717, 1.165) is 18.6 Å². The number of carbonyl (C=O) groups excluding carboxylic acids is 1. The predicted molar refractivity (Wildman–Crippen MR) is 68.7 cm³/mol. The first-order chi connectivity index (χ1) is 9.25. The SMILES string of the molecule is O=C(c1ccc[nH]c1=O)N(Cc1ccco1)C1CC1. The van der Waals surface area contributed by atoms with Gasteiger partial charge in [-0.15, -0.1) is 0 Å². The third-order valence-electron chi connectivity index (χ3n) is 3.20. The molecule has 19 heavy (non-hydrogen) atoms. The Bertz CT molecular complexity index is 626. The van der Waals surface area contributed by atoms with E-state index in [9.17, 15) is 9.59 Å². The van der Waals surface area contributed by atoms with Crippen molar-refractivity contribution in [1.82, 2.24) is 9.88 Å². The molecular formula is C14H14N2O3. The molecule has 5 nitrogen and oxygen atoms in total. The number of aromatic nitrogens is 1. The molecule has 0 spiro atoms. The Morgan fingerprint density at radius 3 is 2.84 bits per heavy atom. The van der Waals surface area contributed by atoms with Gasteiger partial charge in [0.25, 0.3) is 11.5 Å². The van der Waals surface area contributed by atoms with Crippen molar-refractivity contribution in [3.63, 3.8) is 0 Å². The average Bonchev–Trinajstić information content (AvgIpc) is 3.13. The molecule has 0 atom stereocenters. The molecule has 0 saturated heterocycles. The number of carbonyl (C=O) groups is 1. The maximum Gasteiger partial charge on any atom is 0.260 e. The van der Waals surface area contributed by atoms with E-state index in [4.69, 9.17) is 4.42 Å². The van der Waals surface area contributed by atoms with Gasteiger partial charge in [-0.25, -0.2) is 0 Å². The maximum atomic E-state index is 12.4. The summed E-state index contributed by atoms with van der Waals surface area (Å²) in [6.07, 6.45) is 5.07. The van der Waals surface area contributed by atoms with E-state index < -0.39 is 0 Å². The Morgan fingerprint density at radius 1 is 1.37 bits per heavy atom. The number of nitrogens with zero attached hydrogens (tertiary/aromatic N) is 1. The standard InChI is InChI=1S/C14H14N2O3/c17-13-12(4-1-7-15-13)14(18)16(10-5-6-10)9-11-3-2-8-19-11/h1-4,7-8,10H,5-6,9H2,(H,15,17). The monoisotopic (exact) mass is 258 g/mol. The first-order valence-corrected chi connectivity index (χ1v) is 6.27. The Hall–Kier alpha value is -2.30. The van der Waals surface area contributed by atoms with Crippen molar-refractivity contribution in [2.45, 2.75) is 25.4 Å². The number of H-pyrrole nitrogens is 1. The normalized spacial score (nSPS) is 14.3. The molecule has 2 heterocycles. The van der Waals surface area contributed by atoms with Gasteiger partial charge in [-0.2, -0.15) is 0 Å². The lowest BCUT2D eigenvalue weighted by atomic mass is 10.2. The van der Waals surface area contributed by atoms with E-state index in [1.165, 1.54) is 6.20 Å². The summed E-state index contributed by atoms with van der Waals surface area (Å²) >= 11 is 0. The van der Waals surface area contributed by atoms with E-state index >= 15 is 0 Å². The average molecular weight is 258 g/mol. The predicted octanol–water partition coefficient (Wildman–Crippen LogP) is 1.77. The molecule has 0 aromatic carbocycles. The van der Waals surface area contributed by atoms with Gasteiger partial charge in [0.2, 0.25) is 0 Å². The summed E-state index contributed by atoms with van der Waals surface area (Å²) in [6.45, 7) is 0.408. The Balaban J connectivity index is 1.86. The van der Waals surface area contributed by atoms with Crippen LogP contribution >= 0.6 is 0 Å². The van der Waals surface area contributed by atoms with Crippen molar-refractivity contribution >= 4 is 5.91 Å². The van der Waals surface area contributed by atoms with E-state index in [-0.39, 0.29) is 23.1 Å². The molecule has 0 radical (unpaired) electrons. The van der Waals surface area contributed by atoms with Crippen LogP contribution < -0.4 is 5.56 Å². The fourth-order valence-corrected chi connectivity index (χ4v) is 2.07. The molecule has 1 fully saturated rings. The molecule has 1 N–H and O–H groups in total. The molecule has 3 rings (SSSR count). The molecule has 0 unspecified atom stereocenters. The van der Waals surface area contributed by atoms with E-state index in [1.54, 1.807) is 29.4 Å². The zero-order valence-corrected chi connectivity index (χ0v) is 10.3. The lowest BCUT2D eigenvalue weighted by Gasteiger charge is -2.20. The van der Waals surface area contributed by atoms with Crippen molar-refractivity contribution < 1.29 is 9.21 Å². The van der Waals surface area contributed by atoms with Crippen LogP contribution in [0.1, 0.15) is 29.0 Å². The van der Waals surface area contributed by atoms with Crippen molar-refractivity contribution in [2.75, 3.05) is 0 Å². The third-order valence-corrected chi connectivity index (χ3v) is 3.20. The minimum atomic E-state index is -0.349. The minimum absolute atomic E-state index is 0.181. The van der Waals surface area contributed by atoms with Crippen molar-refractivity contribution in [3.05, 3.63) is 58.4 Å². The number of aromatic amines is 1. The van der Waals surface area contributed by atoms with Crippen LogP contribution in [0.15, 0.2) is 45.9 Å². The molecule has 1 saturated carbocycles. The Labute approximate surface area is 109 Å². The van der Waals surface area contributed by atoms with Gasteiger partial charge in [0.05, 0.1) is 12.8 Å². The number of furan rings is 1. The van der Waals surface area contributed by atoms with Crippen molar-refractivity contribution in [2.24, 2.45) is 0 Å². The van der Waals surface area contributed by atoms with Gasteiger partial charge in [0.1, 0.15) is 11.3 Å². The lowest BCUT2D eigenvalue weighted by Crippen LogP contribution is -2.35. The van der Waals surface area contributed by atoms with Crippen LogP contribution in [-0.4, -0.2) is 21.8 Å². The smallest absolute Gasteiger partial charge is 0.260 e. The van der Waals surface area contributed by atoms with Crippen LogP contribution in [0.4, 0.5) is 0 Å². The van der Waals surface area contributed by atoms with E-state index in [1.807, 2.05) is 6.07 Å². The Morgan fingerprint density at radius 2 is 2.21 bits per heavy atom. The molecule has 1 amide bonds. The first-order valence-electron chi connectivity index (χ1n) is 6.27. The second-order valence-corrected chi connectivity index (χ2v) is 4.66. The van der Waals surface area contributed by atoms with Crippen LogP contribution in [0.3, 0.4) is 0 Å². The number of hydrogen-bond acceptors (Lipinski definition) is 3. The number of pyridine rings is 1. The fourth-order valence-electron chi connectivity index (χ4n) is 2.07. The van der Waals surface area contributed by atoms with Gasteiger partial charge in [-0.05, 0) is 37.1 Å². The summed E-state index contributed by atoms with van der Waals surface area (Å²) < 4.78 is 5.28. The highest BCUT2D eigenvalue weighted by atomic mass is 16.3. The fraction of sp³-hybridized carbons (Fsp3) is 0.286. The zero-order valence-electron chi connectivity index (χ0n) is 10.3. The van der Waals surface area contributed by atoms with Crippen LogP contribution in [-0.2, 0) is 6.54 Å². The summed E-state index contributed by atoms with van der Waals surface area (Å²) in [7, 11) is 0. The van der Waals surface area contributed by atoms with Crippen LogP contribution in [0.5, 0.6) is 0 Å². The van der Waals surface area contributed by atoms with Crippen LogP contribution in [0, 0.1) is 0 Å². The van der Waals surface area contributed by atoms with E-state index in [0.29, 0.717) is 6.54 Å². The molecule has 2 aromatic rings. The van der Waals surface area contributed by atoms with E-state index in [2.05, 4.69) is 4.98 Å². The number of hydrogen-bond donors (Lipinski definition) is 1. The second kappa shape index (κ2) is 4.76. The first kappa shape index (κ1) is 11.8. The molecule has 2 aromatic heterocycles. The molecule has 5 heteroatoms. The lowest BCUT2D eigenvalue weighted by molar-refractivity contribution is 0.0715. The number of rotatable bonds is 4. The number of nitrogens with one attached hydrogen (secondary N) is 1. The quantitative estimate of drug-likeness (QED) is 0.908. The minimum Gasteiger partial charge on any atom is -0.467 e. The van der Waals surface area contributed by atoms with Gasteiger partial charge in [-0.1, -0.05) is 0 Å². The molecular weight excluding hydrogens is 244 g/mol. The van der Waals surface area contributed by atoms with Crippen molar-refractivity contribution in [3.8, 4) is 0 Å². The molecule has 98 valence electrons. The summed E-state index contributed by atoms with van der Waals surface area (Å²) in [6, 6.07) is 7.06. The molecule has 1 aliphatic carbocycles. The van der Waals surface area contributed by atoms with Gasteiger partial charge in [0, 0.05) is 12.2 Å². The highest BCUT2D eigenvalue weighted by Crippen LogP contribution is 2.29. The molecule has 0 aliphatic heterocycles. The third kappa shape index (κ3) is 2.45.